The molecule has 0 saturated carbocycles. The fourth-order valence-corrected chi connectivity index (χ4v) is 4.57. The third kappa shape index (κ3) is 4.26. The summed E-state index contributed by atoms with van der Waals surface area (Å²) in [5.41, 5.74) is 6.32. The second kappa shape index (κ2) is 8.47. The Morgan fingerprint density at radius 1 is 1.24 bits per heavy atom. The maximum absolute atomic E-state index is 13.2. The monoisotopic (exact) mass is 427 g/mol. The Balaban J connectivity index is 1.66. The summed E-state index contributed by atoms with van der Waals surface area (Å²) in [5.74, 6) is 0.783. The van der Waals surface area contributed by atoms with Gasteiger partial charge in [0.25, 0.3) is 0 Å². The van der Waals surface area contributed by atoms with Crippen molar-refractivity contribution in [2.24, 2.45) is 0 Å². The van der Waals surface area contributed by atoms with Crippen LogP contribution >= 0.6 is 23.4 Å². The maximum Gasteiger partial charge on any atom is 0.240 e. The first kappa shape index (κ1) is 19.8. The first-order valence-electron chi connectivity index (χ1n) is 9.55. The van der Waals surface area contributed by atoms with E-state index in [1.807, 2.05) is 60.1 Å². The molecular formula is C21H22ClN5OS. The molecule has 1 aliphatic heterocycles. The number of amides is 1. The van der Waals surface area contributed by atoms with Crippen LogP contribution in [0.2, 0.25) is 5.02 Å². The number of nitrogens with zero attached hydrogens (tertiary/aromatic N) is 3. The van der Waals surface area contributed by atoms with Crippen LogP contribution in [0.3, 0.4) is 0 Å². The largest absolute Gasteiger partial charge is 0.325 e. The third-order valence-corrected chi connectivity index (χ3v) is 6.22. The van der Waals surface area contributed by atoms with Crippen LogP contribution in [0.1, 0.15) is 36.3 Å². The van der Waals surface area contributed by atoms with Crippen molar-refractivity contribution in [1.29, 1.82) is 0 Å². The topological polar surface area (TPSA) is 71.8 Å². The van der Waals surface area contributed by atoms with E-state index in [0.29, 0.717) is 10.2 Å². The smallest absolute Gasteiger partial charge is 0.240 e. The lowest BCUT2D eigenvalue weighted by Gasteiger charge is -2.33. The molecule has 3 aromatic rings. The summed E-state index contributed by atoms with van der Waals surface area (Å²) >= 11 is 7.50. The highest BCUT2D eigenvalue weighted by Crippen LogP contribution is 2.38. The highest BCUT2D eigenvalue weighted by molar-refractivity contribution is 8.00. The minimum Gasteiger partial charge on any atom is -0.325 e. The second-order valence-electron chi connectivity index (χ2n) is 7.04. The Hall–Kier alpha value is -2.51. The van der Waals surface area contributed by atoms with Crippen LogP contribution in [0, 0.1) is 6.92 Å². The van der Waals surface area contributed by atoms with Gasteiger partial charge in [-0.05, 0) is 48.7 Å². The number of carbonyl (C=O) groups is 1. The number of anilines is 1. The number of rotatable bonds is 5. The van der Waals surface area contributed by atoms with Gasteiger partial charge in [-0.3, -0.25) is 4.79 Å². The predicted octanol–water partition coefficient (Wildman–Crippen LogP) is 4.59. The van der Waals surface area contributed by atoms with Gasteiger partial charge in [0.15, 0.2) is 5.82 Å². The van der Waals surface area contributed by atoms with Crippen molar-refractivity contribution in [2.75, 3.05) is 10.7 Å². The van der Waals surface area contributed by atoms with E-state index in [4.69, 9.17) is 11.6 Å². The van der Waals surface area contributed by atoms with Crippen molar-refractivity contribution < 1.29 is 4.79 Å². The number of carbonyl (C=O) groups excluding carboxylic acids is 1. The zero-order valence-corrected chi connectivity index (χ0v) is 17.8. The molecule has 8 heteroatoms. The van der Waals surface area contributed by atoms with Gasteiger partial charge < -0.3 is 10.7 Å². The molecule has 1 amide bonds. The summed E-state index contributed by atoms with van der Waals surface area (Å²) in [4.78, 5) is 13.2. The van der Waals surface area contributed by atoms with E-state index >= 15 is 0 Å². The third-order valence-electron chi connectivity index (χ3n) is 4.75. The predicted molar refractivity (Wildman–Crippen MR) is 117 cm³/mol. The highest BCUT2D eigenvalue weighted by atomic mass is 35.5. The molecule has 2 N–H and O–H groups in total. The van der Waals surface area contributed by atoms with E-state index in [-0.39, 0.29) is 11.9 Å². The first-order valence-corrected chi connectivity index (χ1v) is 10.8. The SMILES string of the molecule is CCCc1nnc2n1N[C@@H](c1ccc(Cl)cc1)[C@@H](C(=O)Nc1cccc(C)c1)S2. The Morgan fingerprint density at radius 3 is 2.76 bits per heavy atom. The lowest BCUT2D eigenvalue weighted by molar-refractivity contribution is -0.116. The fraction of sp³-hybridized carbons (Fsp3) is 0.286. The lowest BCUT2D eigenvalue weighted by atomic mass is 10.0. The van der Waals surface area contributed by atoms with E-state index in [0.717, 1.165) is 35.5 Å². The Kier molecular flexibility index (Phi) is 5.78. The molecule has 0 fully saturated rings. The molecule has 0 aliphatic carbocycles. The van der Waals surface area contributed by atoms with Crippen molar-refractivity contribution >= 4 is 35.0 Å². The number of hydrogen-bond acceptors (Lipinski definition) is 5. The summed E-state index contributed by atoms with van der Waals surface area (Å²) in [6.07, 6.45) is 1.78. The van der Waals surface area contributed by atoms with E-state index in [1.54, 1.807) is 0 Å². The summed E-state index contributed by atoms with van der Waals surface area (Å²) in [5, 5.41) is 12.6. The normalized spacial score (nSPS) is 18.0. The van der Waals surface area contributed by atoms with Gasteiger partial charge in [0.2, 0.25) is 11.1 Å². The average molecular weight is 428 g/mol. The van der Waals surface area contributed by atoms with Gasteiger partial charge in [-0.2, -0.15) is 0 Å². The Labute approximate surface area is 179 Å². The maximum atomic E-state index is 13.2. The molecule has 0 bridgehead atoms. The molecule has 0 saturated heterocycles. The molecule has 0 radical (unpaired) electrons. The molecule has 2 atom stereocenters. The molecule has 0 unspecified atom stereocenters. The summed E-state index contributed by atoms with van der Waals surface area (Å²) < 4.78 is 1.91. The number of aryl methyl sites for hydroxylation is 2. The molecule has 0 spiro atoms. The number of benzene rings is 2. The number of nitrogens with one attached hydrogen (secondary N) is 2. The molecule has 150 valence electrons. The van der Waals surface area contributed by atoms with Crippen LogP contribution < -0.4 is 10.7 Å². The standard InChI is InChI=1S/C21H22ClN5OS/c1-3-5-17-24-25-21-27(17)26-18(14-8-10-15(22)11-9-14)19(29-21)20(28)23-16-7-4-6-13(2)12-16/h4,6-12,18-19,26H,3,5H2,1-2H3,(H,23,28)/t18-,19-/m0/s1. The average Bonchev–Trinajstić information content (AvgIpc) is 3.10. The molecule has 1 aliphatic rings. The van der Waals surface area contributed by atoms with Gasteiger partial charge in [0.05, 0.1) is 6.04 Å². The zero-order chi connectivity index (χ0) is 20.4. The second-order valence-corrected chi connectivity index (χ2v) is 8.58. The molecule has 2 aromatic carbocycles. The minimum absolute atomic E-state index is 0.0839. The van der Waals surface area contributed by atoms with Crippen LogP contribution in [0.5, 0.6) is 0 Å². The Morgan fingerprint density at radius 2 is 2.03 bits per heavy atom. The fourth-order valence-electron chi connectivity index (χ4n) is 3.34. The molecule has 29 heavy (non-hydrogen) atoms. The van der Waals surface area contributed by atoms with Crippen molar-refractivity contribution in [3.8, 4) is 0 Å². The summed E-state index contributed by atoms with van der Waals surface area (Å²) in [6.45, 7) is 4.10. The first-order chi connectivity index (χ1) is 14.0. The highest BCUT2D eigenvalue weighted by Gasteiger charge is 2.37. The van der Waals surface area contributed by atoms with Crippen molar-refractivity contribution in [3.05, 3.63) is 70.5 Å². The van der Waals surface area contributed by atoms with Crippen molar-refractivity contribution in [2.45, 2.75) is 43.1 Å². The van der Waals surface area contributed by atoms with Gasteiger partial charge in [-0.25, -0.2) is 4.68 Å². The number of hydrogen-bond donors (Lipinski definition) is 2. The van der Waals surface area contributed by atoms with Crippen LogP contribution in [0.25, 0.3) is 0 Å². The van der Waals surface area contributed by atoms with E-state index < -0.39 is 5.25 Å². The minimum atomic E-state index is -0.414. The van der Waals surface area contributed by atoms with Gasteiger partial charge in [0.1, 0.15) is 5.25 Å². The number of thioether (sulfide) groups is 1. The summed E-state index contributed by atoms with van der Waals surface area (Å²) in [6, 6.07) is 15.1. The van der Waals surface area contributed by atoms with Gasteiger partial charge in [0, 0.05) is 17.1 Å². The lowest BCUT2D eigenvalue weighted by Crippen LogP contribution is -2.41. The molecule has 2 heterocycles. The van der Waals surface area contributed by atoms with Crippen LogP contribution in [0.15, 0.2) is 53.7 Å². The quantitative estimate of drug-likeness (QED) is 0.623. The van der Waals surface area contributed by atoms with Gasteiger partial charge >= 0.3 is 0 Å². The van der Waals surface area contributed by atoms with Crippen LogP contribution in [0.4, 0.5) is 5.69 Å². The molecule has 1 aromatic heterocycles. The van der Waals surface area contributed by atoms with Gasteiger partial charge in [-0.15, -0.1) is 10.2 Å². The molecule has 4 rings (SSSR count). The Bertz CT molecular complexity index is 1020. The zero-order valence-electron chi connectivity index (χ0n) is 16.2. The molecule has 6 nitrogen and oxygen atoms in total. The summed E-state index contributed by atoms with van der Waals surface area (Å²) in [7, 11) is 0. The number of aromatic nitrogens is 3. The van der Waals surface area contributed by atoms with Crippen molar-refractivity contribution in [1.82, 2.24) is 14.9 Å². The van der Waals surface area contributed by atoms with Gasteiger partial charge in [-0.1, -0.05) is 54.6 Å². The van der Waals surface area contributed by atoms with E-state index in [9.17, 15) is 4.79 Å². The van der Waals surface area contributed by atoms with E-state index in [2.05, 4.69) is 27.9 Å². The van der Waals surface area contributed by atoms with E-state index in [1.165, 1.54) is 11.8 Å². The number of fused-ring (bicyclic) bond motifs is 1. The molecular weight excluding hydrogens is 406 g/mol. The van der Waals surface area contributed by atoms with Crippen LogP contribution in [-0.4, -0.2) is 26.0 Å². The van der Waals surface area contributed by atoms with Crippen LogP contribution in [-0.2, 0) is 11.2 Å². The number of halogens is 1. The van der Waals surface area contributed by atoms with Crippen molar-refractivity contribution in [3.63, 3.8) is 0 Å².